The molecule has 0 saturated heterocycles. The Balaban J connectivity index is 1.96. The van der Waals surface area contributed by atoms with Crippen molar-refractivity contribution in [2.75, 3.05) is 4.72 Å². The van der Waals surface area contributed by atoms with Crippen molar-refractivity contribution >= 4 is 38.6 Å². The van der Waals surface area contributed by atoms with Crippen molar-refractivity contribution < 1.29 is 13.2 Å². The molecule has 0 saturated carbocycles. The molecule has 0 bridgehead atoms. The highest BCUT2D eigenvalue weighted by atomic mass is 35.5. The third-order valence-electron chi connectivity index (χ3n) is 3.46. The Morgan fingerprint density at radius 2 is 1.81 bits per heavy atom. The van der Waals surface area contributed by atoms with E-state index < -0.39 is 14.9 Å². The summed E-state index contributed by atoms with van der Waals surface area (Å²) in [6.45, 7) is 3.48. The molecule has 9 heteroatoms. The van der Waals surface area contributed by atoms with Crippen molar-refractivity contribution in [2.45, 2.75) is 18.1 Å². The fourth-order valence-corrected chi connectivity index (χ4v) is 4.78. The minimum atomic E-state index is -3.96. The molecule has 0 amide bonds. The minimum Gasteiger partial charge on any atom is -0.455 e. The van der Waals surface area contributed by atoms with E-state index in [9.17, 15) is 13.2 Å². The number of aromatic nitrogens is 1. The van der Waals surface area contributed by atoms with Gasteiger partial charge in [0.2, 0.25) is 0 Å². The highest BCUT2D eigenvalue weighted by molar-refractivity contribution is 7.94. The minimum absolute atomic E-state index is 0.0799. The van der Waals surface area contributed by atoms with Gasteiger partial charge in [-0.25, -0.2) is 8.42 Å². The van der Waals surface area contributed by atoms with Gasteiger partial charge in [0, 0.05) is 10.7 Å². The first-order chi connectivity index (χ1) is 12.2. The van der Waals surface area contributed by atoms with Crippen LogP contribution in [-0.4, -0.2) is 13.4 Å². The zero-order valence-corrected chi connectivity index (χ0v) is 16.3. The van der Waals surface area contributed by atoms with Crippen molar-refractivity contribution in [2.24, 2.45) is 0 Å². The molecule has 26 heavy (non-hydrogen) atoms. The number of benzene rings is 2. The maximum Gasteiger partial charge on any atom is 0.306 e. The number of anilines is 1. The molecule has 2 aromatic carbocycles. The molecule has 3 rings (SSSR count). The van der Waals surface area contributed by atoms with E-state index in [1.165, 1.54) is 13.0 Å². The van der Waals surface area contributed by atoms with E-state index in [1.54, 1.807) is 24.3 Å². The molecule has 6 nitrogen and oxygen atoms in total. The zero-order chi connectivity index (χ0) is 18.9. The van der Waals surface area contributed by atoms with Gasteiger partial charge >= 0.3 is 4.87 Å². The van der Waals surface area contributed by atoms with Crippen LogP contribution in [0.1, 0.15) is 11.3 Å². The van der Waals surface area contributed by atoms with E-state index in [0.717, 1.165) is 5.56 Å². The second kappa shape index (κ2) is 7.14. The number of sulfonamides is 1. The zero-order valence-electron chi connectivity index (χ0n) is 13.9. The summed E-state index contributed by atoms with van der Waals surface area (Å²) in [5, 5.41) is 0.345. The average Bonchev–Trinajstić information content (AvgIpc) is 2.91. The second-order valence-electron chi connectivity index (χ2n) is 5.59. The SMILES string of the molecule is Cc1ccc(Oc2ccc(Cl)cc2NS(=O)(=O)c2sc(=O)[nH]c2C)cc1. The molecule has 0 aliphatic carbocycles. The summed E-state index contributed by atoms with van der Waals surface area (Å²) in [6.07, 6.45) is 0. The molecule has 0 radical (unpaired) electrons. The summed E-state index contributed by atoms with van der Waals surface area (Å²) in [5.41, 5.74) is 1.53. The van der Waals surface area contributed by atoms with Crippen LogP contribution in [0.5, 0.6) is 11.5 Å². The van der Waals surface area contributed by atoms with E-state index in [-0.39, 0.29) is 15.6 Å². The van der Waals surface area contributed by atoms with Gasteiger partial charge in [-0.3, -0.25) is 9.52 Å². The normalized spacial score (nSPS) is 11.3. The summed E-state index contributed by atoms with van der Waals surface area (Å²) in [5.74, 6) is 0.850. The van der Waals surface area contributed by atoms with Gasteiger partial charge in [-0.05, 0) is 44.2 Å². The fraction of sp³-hybridized carbons (Fsp3) is 0.118. The summed E-state index contributed by atoms with van der Waals surface area (Å²) in [6, 6.07) is 12.0. The fourth-order valence-electron chi connectivity index (χ4n) is 2.24. The Kier molecular flexibility index (Phi) is 5.08. The van der Waals surface area contributed by atoms with Crippen LogP contribution in [0.15, 0.2) is 51.5 Å². The topological polar surface area (TPSA) is 88.3 Å². The molecular weight excluding hydrogens is 396 g/mol. The number of rotatable bonds is 5. The van der Waals surface area contributed by atoms with Gasteiger partial charge < -0.3 is 9.72 Å². The lowest BCUT2D eigenvalue weighted by Crippen LogP contribution is -2.13. The Morgan fingerprint density at radius 1 is 1.12 bits per heavy atom. The Labute approximate surface area is 159 Å². The van der Waals surface area contributed by atoms with Crippen LogP contribution in [0.4, 0.5) is 5.69 Å². The molecule has 3 aromatic rings. The summed E-state index contributed by atoms with van der Waals surface area (Å²) < 4.78 is 33.4. The first kappa shape index (κ1) is 18.5. The quantitative estimate of drug-likeness (QED) is 0.656. The van der Waals surface area contributed by atoms with Crippen LogP contribution in [0, 0.1) is 13.8 Å². The summed E-state index contributed by atoms with van der Waals surface area (Å²) >= 11 is 6.63. The van der Waals surface area contributed by atoms with Gasteiger partial charge in [0.25, 0.3) is 10.0 Å². The molecule has 1 heterocycles. The van der Waals surface area contributed by atoms with Gasteiger partial charge in [0.1, 0.15) is 5.75 Å². The maximum atomic E-state index is 12.6. The largest absolute Gasteiger partial charge is 0.455 e. The standard InChI is InChI=1S/C17H15ClN2O4S2/c1-10-3-6-13(7-4-10)24-15-8-5-12(18)9-14(15)20-26(22,23)16-11(2)19-17(21)25-16/h3-9,20H,1-2H3,(H,19,21). The molecule has 0 aliphatic rings. The number of aryl methyl sites for hydroxylation is 2. The molecular formula is C17H15ClN2O4S2. The van der Waals surface area contributed by atoms with Crippen LogP contribution >= 0.6 is 22.9 Å². The van der Waals surface area contributed by atoms with Gasteiger partial charge in [-0.15, -0.1) is 0 Å². The van der Waals surface area contributed by atoms with Crippen molar-refractivity contribution in [3.8, 4) is 11.5 Å². The highest BCUT2D eigenvalue weighted by Gasteiger charge is 2.22. The molecule has 0 aliphatic heterocycles. The van der Waals surface area contributed by atoms with Gasteiger partial charge in [0.05, 0.1) is 5.69 Å². The van der Waals surface area contributed by atoms with E-state index in [1.807, 2.05) is 19.1 Å². The lowest BCUT2D eigenvalue weighted by Gasteiger charge is -2.13. The van der Waals surface area contributed by atoms with Crippen LogP contribution < -0.4 is 14.3 Å². The molecule has 0 atom stereocenters. The predicted octanol–water partition coefficient (Wildman–Crippen LogP) is 4.30. The van der Waals surface area contributed by atoms with Crippen LogP contribution in [0.3, 0.4) is 0 Å². The Hall–Kier alpha value is -2.29. The van der Waals surface area contributed by atoms with Crippen molar-refractivity contribution in [3.63, 3.8) is 0 Å². The van der Waals surface area contributed by atoms with Gasteiger partial charge in [0.15, 0.2) is 9.96 Å². The maximum absolute atomic E-state index is 12.6. The molecule has 0 fully saturated rings. The molecule has 2 N–H and O–H groups in total. The number of hydrogen-bond donors (Lipinski definition) is 2. The van der Waals surface area contributed by atoms with Crippen LogP contribution in [-0.2, 0) is 10.0 Å². The smallest absolute Gasteiger partial charge is 0.306 e. The van der Waals surface area contributed by atoms with Crippen molar-refractivity contribution in [3.05, 3.63) is 68.4 Å². The summed E-state index contributed by atoms with van der Waals surface area (Å²) in [7, 11) is -3.96. The van der Waals surface area contributed by atoms with Crippen molar-refractivity contribution in [1.82, 2.24) is 4.98 Å². The van der Waals surface area contributed by atoms with Crippen LogP contribution in [0.2, 0.25) is 5.02 Å². The Bertz CT molecular complexity index is 1100. The van der Waals surface area contributed by atoms with Crippen molar-refractivity contribution in [1.29, 1.82) is 0 Å². The average molecular weight is 411 g/mol. The van der Waals surface area contributed by atoms with E-state index >= 15 is 0 Å². The molecule has 136 valence electrons. The number of nitrogens with one attached hydrogen (secondary N) is 2. The molecule has 1 aromatic heterocycles. The Morgan fingerprint density at radius 3 is 2.42 bits per heavy atom. The monoisotopic (exact) mass is 410 g/mol. The third kappa shape index (κ3) is 4.09. The number of ether oxygens (including phenoxy) is 1. The first-order valence-corrected chi connectivity index (χ1v) is 10.2. The number of halogens is 1. The van der Waals surface area contributed by atoms with E-state index in [2.05, 4.69) is 9.71 Å². The van der Waals surface area contributed by atoms with E-state index in [4.69, 9.17) is 16.3 Å². The molecule has 0 spiro atoms. The van der Waals surface area contributed by atoms with Gasteiger partial charge in [-0.1, -0.05) is 40.6 Å². The molecule has 0 unspecified atom stereocenters. The highest BCUT2D eigenvalue weighted by Crippen LogP contribution is 2.34. The number of H-pyrrole nitrogens is 1. The number of hydrogen-bond acceptors (Lipinski definition) is 5. The lowest BCUT2D eigenvalue weighted by molar-refractivity contribution is 0.484. The summed E-state index contributed by atoms with van der Waals surface area (Å²) in [4.78, 5) is 13.4. The predicted molar refractivity (Wildman–Crippen MR) is 103 cm³/mol. The van der Waals surface area contributed by atoms with E-state index in [0.29, 0.717) is 27.9 Å². The van der Waals surface area contributed by atoms with Crippen LogP contribution in [0.25, 0.3) is 0 Å². The number of thiazole rings is 1. The first-order valence-electron chi connectivity index (χ1n) is 7.51. The number of aromatic amines is 1. The lowest BCUT2D eigenvalue weighted by atomic mass is 10.2. The second-order valence-corrected chi connectivity index (χ2v) is 8.89. The van der Waals surface area contributed by atoms with Gasteiger partial charge in [-0.2, -0.15) is 0 Å². The third-order valence-corrected chi connectivity index (χ3v) is 6.67.